The van der Waals surface area contributed by atoms with Crippen molar-refractivity contribution in [2.24, 2.45) is 0 Å². The lowest BCUT2D eigenvalue weighted by Gasteiger charge is -2.29. The van der Waals surface area contributed by atoms with E-state index in [0.717, 1.165) is 18.5 Å². The molecule has 0 radical (unpaired) electrons. The Morgan fingerprint density at radius 3 is 2.32 bits per heavy atom. The second kappa shape index (κ2) is 8.67. The van der Waals surface area contributed by atoms with Crippen LogP contribution in [0.5, 0.6) is 0 Å². The number of pyridine rings is 2. The van der Waals surface area contributed by atoms with Crippen molar-refractivity contribution in [2.45, 2.75) is 31.7 Å². The molecular weight excluding hydrogens is 448 g/mol. The van der Waals surface area contributed by atoms with Crippen LogP contribution in [0.3, 0.4) is 0 Å². The van der Waals surface area contributed by atoms with Crippen molar-refractivity contribution < 1.29 is 9.13 Å². The van der Waals surface area contributed by atoms with Gasteiger partial charge in [0.15, 0.2) is 12.4 Å². The van der Waals surface area contributed by atoms with E-state index in [4.69, 9.17) is 6.58 Å². The van der Waals surface area contributed by atoms with Crippen molar-refractivity contribution in [3.63, 3.8) is 0 Å². The summed E-state index contributed by atoms with van der Waals surface area (Å²) in [5, 5.41) is 0. The molecule has 2 aromatic heterocycles. The summed E-state index contributed by atoms with van der Waals surface area (Å²) in [6.07, 6.45) is 6.66. The highest BCUT2D eigenvalue weighted by Gasteiger charge is 2.46. The largest absolute Gasteiger partial charge is 0.249 e. The van der Waals surface area contributed by atoms with E-state index in [-0.39, 0.29) is 6.04 Å². The Bertz CT molecular complexity index is 1660. The number of allylic oxidation sites excluding steroid dienone is 1. The molecule has 0 amide bonds. The van der Waals surface area contributed by atoms with E-state index in [1.54, 1.807) is 0 Å². The Morgan fingerprint density at radius 2 is 1.46 bits per heavy atom. The van der Waals surface area contributed by atoms with Gasteiger partial charge in [0.1, 0.15) is 0 Å². The quantitative estimate of drug-likeness (QED) is 0.223. The van der Waals surface area contributed by atoms with Gasteiger partial charge in [-0.15, -0.1) is 0 Å². The minimum absolute atomic E-state index is 0.121. The fraction of sp³-hybridized carbons (Fsp3) is 0.143. The van der Waals surface area contributed by atoms with Gasteiger partial charge in [0.05, 0.1) is 5.92 Å². The van der Waals surface area contributed by atoms with E-state index in [9.17, 15) is 0 Å². The Balaban J connectivity index is 1.52. The molecule has 2 nitrogen and oxygen atoms in total. The maximum Gasteiger partial charge on any atom is 0.249 e. The van der Waals surface area contributed by atoms with Crippen LogP contribution in [0.25, 0.3) is 39.3 Å². The van der Waals surface area contributed by atoms with Crippen LogP contribution in [-0.2, 0) is 6.42 Å². The Hall–Kier alpha value is -4.30. The summed E-state index contributed by atoms with van der Waals surface area (Å²) in [7, 11) is 0. The molecule has 0 bridgehead atoms. The highest BCUT2D eigenvalue weighted by molar-refractivity contribution is 5.71. The zero-order valence-corrected chi connectivity index (χ0v) is 21.1. The van der Waals surface area contributed by atoms with Crippen LogP contribution in [0.2, 0.25) is 0 Å². The first-order valence-corrected chi connectivity index (χ1v) is 13.2. The normalized spacial score (nSPS) is 17.7. The first-order valence-electron chi connectivity index (χ1n) is 13.2. The van der Waals surface area contributed by atoms with Crippen LogP contribution in [0, 0.1) is 6.92 Å². The minimum atomic E-state index is 0.121. The first kappa shape index (κ1) is 21.9. The first-order chi connectivity index (χ1) is 18.2. The van der Waals surface area contributed by atoms with Crippen LogP contribution in [0.1, 0.15) is 35.1 Å². The standard InChI is InChI=1S/C35H30N2/c1-24-22-34-28-15-7-6-14-27(28)19-20-31-29-16-8-9-17-30(29)33-18-10-11-21-36(33)35(31)25(2)37(34)23-32(24)26-12-4-3-5-13-26/h3-18,21-23,31,35H,2,19-20H2,1H3/q+2. The van der Waals surface area contributed by atoms with E-state index >= 15 is 0 Å². The van der Waals surface area contributed by atoms with Gasteiger partial charge in [-0.2, -0.15) is 9.13 Å². The molecule has 2 heteroatoms. The Labute approximate surface area is 218 Å². The van der Waals surface area contributed by atoms with Crippen molar-refractivity contribution in [3.05, 3.63) is 139 Å². The number of nitrogens with zero attached hydrogens (tertiary/aromatic N) is 2. The molecule has 0 saturated carbocycles. The molecule has 0 spiro atoms. The average molecular weight is 479 g/mol. The van der Waals surface area contributed by atoms with Gasteiger partial charge in [0.25, 0.3) is 0 Å². The summed E-state index contributed by atoms with van der Waals surface area (Å²) < 4.78 is 4.85. The second-order valence-electron chi connectivity index (χ2n) is 10.3. The fourth-order valence-electron chi connectivity index (χ4n) is 6.51. The number of fused-ring (bicyclic) bond motifs is 9. The number of aromatic nitrogens is 2. The van der Waals surface area contributed by atoms with Crippen LogP contribution >= 0.6 is 0 Å². The molecule has 5 aromatic rings. The summed E-state index contributed by atoms with van der Waals surface area (Å²) >= 11 is 0. The Morgan fingerprint density at radius 1 is 0.730 bits per heavy atom. The number of hydrogen-bond acceptors (Lipinski definition) is 0. The fourth-order valence-corrected chi connectivity index (χ4v) is 6.51. The zero-order valence-electron chi connectivity index (χ0n) is 21.1. The highest BCUT2D eigenvalue weighted by Crippen LogP contribution is 2.45. The molecule has 37 heavy (non-hydrogen) atoms. The smallest absolute Gasteiger partial charge is 0.184 e. The van der Waals surface area contributed by atoms with E-state index < -0.39 is 0 Å². The topological polar surface area (TPSA) is 7.76 Å². The summed E-state index contributed by atoms with van der Waals surface area (Å²) in [6, 6.07) is 37.6. The summed E-state index contributed by atoms with van der Waals surface area (Å²) in [5.41, 5.74) is 12.8. The van der Waals surface area contributed by atoms with Crippen LogP contribution in [-0.4, -0.2) is 0 Å². The lowest BCUT2D eigenvalue weighted by Crippen LogP contribution is -2.53. The van der Waals surface area contributed by atoms with E-state index in [2.05, 4.69) is 132 Å². The zero-order chi connectivity index (χ0) is 24.9. The van der Waals surface area contributed by atoms with E-state index in [0.29, 0.717) is 5.92 Å². The van der Waals surface area contributed by atoms with Gasteiger partial charge in [-0.1, -0.05) is 66.7 Å². The van der Waals surface area contributed by atoms with Crippen molar-refractivity contribution >= 4 is 5.70 Å². The summed E-state index contributed by atoms with van der Waals surface area (Å²) in [6.45, 7) is 7.06. The molecule has 2 aliphatic rings. The number of benzene rings is 3. The van der Waals surface area contributed by atoms with Crippen molar-refractivity contribution in [1.82, 2.24) is 0 Å². The second-order valence-corrected chi connectivity index (χ2v) is 10.3. The molecule has 2 aliphatic heterocycles. The monoisotopic (exact) mass is 478 g/mol. The summed E-state index contributed by atoms with van der Waals surface area (Å²) in [4.78, 5) is 0. The summed E-state index contributed by atoms with van der Waals surface area (Å²) in [5.74, 6) is 0.330. The molecule has 0 aliphatic carbocycles. The molecule has 4 heterocycles. The number of rotatable bonds is 1. The minimum Gasteiger partial charge on any atom is -0.184 e. The maximum absolute atomic E-state index is 4.83. The van der Waals surface area contributed by atoms with Gasteiger partial charge in [-0.3, -0.25) is 0 Å². The molecule has 178 valence electrons. The van der Waals surface area contributed by atoms with Gasteiger partial charge in [-0.25, -0.2) is 0 Å². The van der Waals surface area contributed by atoms with Crippen LogP contribution in [0.4, 0.5) is 0 Å². The van der Waals surface area contributed by atoms with Crippen LogP contribution < -0.4 is 9.13 Å². The van der Waals surface area contributed by atoms with Gasteiger partial charge in [-0.05, 0) is 66.8 Å². The van der Waals surface area contributed by atoms with E-state index in [1.165, 1.54) is 50.3 Å². The van der Waals surface area contributed by atoms with Crippen molar-refractivity contribution in [1.29, 1.82) is 0 Å². The predicted molar refractivity (Wildman–Crippen MR) is 150 cm³/mol. The number of hydrogen-bond donors (Lipinski definition) is 0. The maximum atomic E-state index is 4.83. The van der Waals surface area contributed by atoms with Crippen LogP contribution in [0.15, 0.2) is 122 Å². The van der Waals surface area contributed by atoms with Gasteiger partial charge < -0.3 is 0 Å². The molecule has 0 fully saturated rings. The van der Waals surface area contributed by atoms with Crippen molar-refractivity contribution in [3.8, 4) is 33.6 Å². The molecule has 2 atom stereocenters. The molecule has 0 saturated heterocycles. The van der Waals surface area contributed by atoms with Gasteiger partial charge >= 0.3 is 0 Å². The van der Waals surface area contributed by atoms with Gasteiger partial charge in [0.2, 0.25) is 23.1 Å². The third-order valence-electron chi connectivity index (χ3n) is 8.26. The Kier molecular flexibility index (Phi) is 5.14. The molecule has 2 unspecified atom stereocenters. The van der Waals surface area contributed by atoms with Gasteiger partial charge in [0, 0.05) is 34.9 Å². The molecular formula is C35H30N2+2. The highest BCUT2D eigenvalue weighted by atomic mass is 15.1. The third-order valence-corrected chi connectivity index (χ3v) is 8.26. The molecule has 3 aromatic carbocycles. The molecule has 7 rings (SSSR count). The SMILES string of the molecule is C=C1C2C(CCc3ccccc3-c3cc(C)c(-c4ccccc4)c[n+]31)c1ccccc1-c1cccc[n+]12. The van der Waals surface area contributed by atoms with Crippen molar-refractivity contribution in [2.75, 3.05) is 0 Å². The third kappa shape index (κ3) is 3.48. The number of aryl methyl sites for hydroxylation is 2. The molecule has 0 N–H and O–H groups in total. The lowest BCUT2D eigenvalue weighted by atomic mass is 9.78. The predicted octanol–water partition coefficient (Wildman–Crippen LogP) is 7.33. The van der Waals surface area contributed by atoms with E-state index in [1.807, 2.05) is 0 Å². The average Bonchev–Trinajstić information content (AvgIpc) is 3.00. The lowest BCUT2D eigenvalue weighted by molar-refractivity contribution is -0.727.